The van der Waals surface area contributed by atoms with E-state index in [1.165, 1.54) is 23.1 Å². The van der Waals surface area contributed by atoms with Crippen LogP contribution in [-0.2, 0) is 48.8 Å². The van der Waals surface area contributed by atoms with E-state index in [1.54, 1.807) is 24.3 Å². The molecule has 1 N–H and O–H groups in total. The highest BCUT2D eigenvalue weighted by molar-refractivity contribution is 7.89. The molecule has 0 aliphatic carbocycles. The Morgan fingerprint density at radius 3 is 2.16 bits per heavy atom. The molecule has 2 heterocycles. The van der Waals surface area contributed by atoms with Gasteiger partial charge in [-0.3, -0.25) is 9.69 Å². The highest BCUT2D eigenvalue weighted by atomic mass is 32.2. The van der Waals surface area contributed by atoms with E-state index >= 15 is 0 Å². The molecule has 4 atom stereocenters. The summed E-state index contributed by atoms with van der Waals surface area (Å²) in [4.78, 5) is 29.4. The molecule has 6 rings (SSSR count). The van der Waals surface area contributed by atoms with Crippen molar-refractivity contribution in [1.29, 1.82) is 0 Å². The summed E-state index contributed by atoms with van der Waals surface area (Å²) in [6.07, 6.45) is 0.643. The van der Waals surface area contributed by atoms with Gasteiger partial charge in [-0.25, -0.2) is 13.2 Å². The monoisotopic (exact) mass is 712 g/mol. The van der Waals surface area contributed by atoms with Crippen LogP contribution in [0.25, 0.3) is 0 Å². The van der Waals surface area contributed by atoms with Gasteiger partial charge < -0.3 is 24.1 Å². The average molecular weight is 713 g/mol. The summed E-state index contributed by atoms with van der Waals surface area (Å²) in [5.74, 6) is -1.49. The summed E-state index contributed by atoms with van der Waals surface area (Å²) in [5, 5.41) is 10.8. The van der Waals surface area contributed by atoms with Crippen LogP contribution in [0.3, 0.4) is 0 Å². The van der Waals surface area contributed by atoms with Crippen molar-refractivity contribution in [3.05, 3.63) is 138 Å². The Hall–Kier alpha value is -4.85. The Balaban J connectivity index is 1.38. The van der Waals surface area contributed by atoms with Crippen molar-refractivity contribution in [2.45, 2.75) is 49.6 Å². The molecule has 4 aromatic carbocycles. The van der Waals surface area contributed by atoms with Crippen molar-refractivity contribution < 1.29 is 42.1 Å². The van der Waals surface area contributed by atoms with Gasteiger partial charge in [0.25, 0.3) is 0 Å². The third kappa shape index (κ3) is 8.06. The standard InChI is InChI=1S/C39H40N2O9S/c1-3-18-49-39(44)40-21-34-37(41(34)51(45,46)31-16-14-27(2)15-17-31)38(43)32(22-42)36-33(40)19-30(20-35(36)50-25-29-12-8-5-9-13-29)24-48-26-47-23-28-10-6-4-7-11-28/h3-17,19-20,32,34,37,42H,1,18,21-26H2,2H3/t32-,34+,37+,41?/m1/s1. The molecule has 11 nitrogen and oxygen atoms in total. The molecule has 1 unspecified atom stereocenters. The maximum Gasteiger partial charge on any atom is 0.414 e. The second kappa shape index (κ2) is 16.0. The van der Waals surface area contributed by atoms with Crippen LogP contribution in [0.4, 0.5) is 10.5 Å². The van der Waals surface area contributed by atoms with E-state index in [9.17, 15) is 23.1 Å². The number of anilines is 1. The number of rotatable bonds is 14. The van der Waals surface area contributed by atoms with Gasteiger partial charge in [-0.1, -0.05) is 91.0 Å². The van der Waals surface area contributed by atoms with E-state index in [1.807, 2.05) is 67.6 Å². The van der Waals surface area contributed by atoms with Crippen molar-refractivity contribution in [1.82, 2.24) is 4.31 Å². The van der Waals surface area contributed by atoms with Gasteiger partial charge in [-0.2, -0.15) is 4.31 Å². The smallest absolute Gasteiger partial charge is 0.414 e. The molecule has 1 saturated heterocycles. The number of hydrogen-bond acceptors (Lipinski definition) is 9. The molecule has 0 saturated carbocycles. The molecular weight excluding hydrogens is 673 g/mol. The lowest BCUT2D eigenvalue weighted by Gasteiger charge is -2.30. The molecule has 1 fully saturated rings. The van der Waals surface area contributed by atoms with Crippen LogP contribution < -0.4 is 9.64 Å². The molecule has 0 aromatic heterocycles. The van der Waals surface area contributed by atoms with Crippen molar-refractivity contribution >= 4 is 27.6 Å². The maximum atomic E-state index is 14.3. The number of sulfonamides is 1. The van der Waals surface area contributed by atoms with Gasteiger partial charge in [0.15, 0.2) is 5.78 Å². The fraction of sp³-hybridized carbons (Fsp3) is 0.282. The molecule has 266 valence electrons. The third-order valence-corrected chi connectivity index (χ3v) is 10.7. The first kappa shape index (κ1) is 36.0. The molecule has 4 aromatic rings. The topological polar surface area (TPSA) is 132 Å². The highest BCUT2D eigenvalue weighted by Gasteiger charge is 2.62. The van der Waals surface area contributed by atoms with Crippen molar-refractivity contribution in [3.63, 3.8) is 0 Å². The molecule has 0 bridgehead atoms. The Bertz CT molecular complexity index is 1950. The van der Waals surface area contributed by atoms with Gasteiger partial charge in [0.1, 0.15) is 31.8 Å². The number of carbonyl (C=O) groups excluding carboxylic acids is 2. The quantitative estimate of drug-likeness (QED) is 0.0780. The van der Waals surface area contributed by atoms with Crippen LogP contribution in [0, 0.1) is 6.92 Å². The number of ether oxygens (including phenoxy) is 4. The van der Waals surface area contributed by atoms with E-state index in [2.05, 4.69) is 6.58 Å². The molecular formula is C39H40N2O9S. The minimum atomic E-state index is -4.15. The summed E-state index contributed by atoms with van der Waals surface area (Å²) >= 11 is 0. The molecule has 0 radical (unpaired) electrons. The number of aliphatic hydroxyl groups is 1. The fourth-order valence-corrected chi connectivity index (χ4v) is 7.99. The summed E-state index contributed by atoms with van der Waals surface area (Å²) in [5.41, 5.74) is 3.78. The first-order chi connectivity index (χ1) is 24.7. The number of fused-ring (bicyclic) bond motifs is 2. The zero-order valence-corrected chi connectivity index (χ0v) is 29.0. The van der Waals surface area contributed by atoms with Crippen LogP contribution in [-0.4, -0.2) is 68.3 Å². The average Bonchev–Trinajstić information content (AvgIpc) is 3.87. The van der Waals surface area contributed by atoms with Crippen LogP contribution in [0.1, 0.15) is 33.7 Å². The van der Waals surface area contributed by atoms with E-state index < -0.39 is 46.5 Å². The van der Waals surface area contributed by atoms with Crippen molar-refractivity contribution in [3.8, 4) is 5.75 Å². The predicted molar refractivity (Wildman–Crippen MR) is 190 cm³/mol. The molecule has 2 aliphatic rings. The fourth-order valence-electron chi connectivity index (χ4n) is 6.24. The van der Waals surface area contributed by atoms with Gasteiger partial charge in [-0.15, -0.1) is 0 Å². The maximum absolute atomic E-state index is 14.3. The van der Waals surface area contributed by atoms with E-state index in [4.69, 9.17) is 18.9 Å². The van der Waals surface area contributed by atoms with Crippen LogP contribution in [0.15, 0.2) is 115 Å². The Labute approximate surface area is 297 Å². The zero-order chi connectivity index (χ0) is 36.0. The van der Waals surface area contributed by atoms with Gasteiger partial charge in [0, 0.05) is 12.1 Å². The number of ketones is 1. The Morgan fingerprint density at radius 1 is 0.902 bits per heavy atom. The van der Waals surface area contributed by atoms with Crippen LogP contribution in [0.2, 0.25) is 0 Å². The van der Waals surface area contributed by atoms with Gasteiger partial charge in [0.05, 0.1) is 42.4 Å². The SMILES string of the molecule is C=CCOC(=O)N1C[C@H]2[C@@H](C(=O)[C@H](CO)c3c(OCc4ccccc4)cc(COCOCc4ccccc4)cc31)N2S(=O)(=O)c1ccc(C)cc1. The lowest BCUT2D eigenvalue weighted by Crippen LogP contribution is -2.40. The number of carbonyl (C=O) groups is 2. The number of aliphatic hydroxyl groups excluding tert-OH is 1. The van der Waals surface area contributed by atoms with E-state index in [0.717, 1.165) is 21.0 Å². The molecule has 2 aliphatic heterocycles. The minimum absolute atomic E-state index is 0.0206. The van der Waals surface area contributed by atoms with Gasteiger partial charge in [-0.05, 0) is 47.9 Å². The number of hydrogen-bond donors (Lipinski definition) is 1. The number of benzene rings is 4. The summed E-state index contributed by atoms with van der Waals surface area (Å²) in [7, 11) is -4.15. The summed E-state index contributed by atoms with van der Waals surface area (Å²) < 4.78 is 52.3. The normalized spacial score (nSPS) is 19.6. The Kier molecular flexibility index (Phi) is 11.3. The van der Waals surface area contributed by atoms with Crippen LogP contribution >= 0.6 is 0 Å². The largest absolute Gasteiger partial charge is 0.489 e. The lowest BCUT2D eigenvalue weighted by molar-refractivity contribution is -0.121. The highest BCUT2D eigenvalue weighted by Crippen LogP contribution is 2.47. The van der Waals surface area contributed by atoms with Crippen molar-refractivity contribution in [2.75, 3.05) is 31.5 Å². The first-order valence-electron chi connectivity index (χ1n) is 16.6. The summed E-state index contributed by atoms with van der Waals surface area (Å²) in [6, 6.07) is 26.7. The Morgan fingerprint density at radius 2 is 1.53 bits per heavy atom. The number of Topliss-reactive ketones (excluding diaryl/α,β-unsaturated/α-hetero) is 1. The summed E-state index contributed by atoms with van der Waals surface area (Å²) in [6.45, 7) is 5.02. The minimum Gasteiger partial charge on any atom is -0.489 e. The second-order valence-corrected chi connectivity index (χ2v) is 14.2. The molecule has 12 heteroatoms. The predicted octanol–water partition coefficient (Wildman–Crippen LogP) is 5.49. The van der Waals surface area contributed by atoms with Gasteiger partial charge >= 0.3 is 6.09 Å². The molecule has 0 spiro atoms. The molecule has 1 amide bonds. The first-order valence-corrected chi connectivity index (χ1v) is 18.0. The zero-order valence-electron chi connectivity index (χ0n) is 28.2. The van der Waals surface area contributed by atoms with Gasteiger partial charge in [0.2, 0.25) is 10.0 Å². The van der Waals surface area contributed by atoms with Crippen molar-refractivity contribution in [2.24, 2.45) is 0 Å². The third-order valence-electron chi connectivity index (χ3n) is 8.81. The number of aryl methyl sites for hydroxylation is 1. The lowest BCUT2D eigenvalue weighted by atomic mass is 9.87. The molecule has 51 heavy (non-hydrogen) atoms. The number of nitrogens with zero attached hydrogens (tertiary/aromatic N) is 2. The number of amides is 1. The van der Waals surface area contributed by atoms with E-state index in [0.29, 0.717) is 12.2 Å². The van der Waals surface area contributed by atoms with Crippen LogP contribution in [0.5, 0.6) is 5.75 Å². The second-order valence-electron chi connectivity index (χ2n) is 12.4. The van der Waals surface area contributed by atoms with E-state index in [-0.39, 0.29) is 55.1 Å².